The zero-order valence-electron chi connectivity index (χ0n) is 10.2. The quantitative estimate of drug-likeness (QED) is 0.773. The highest BCUT2D eigenvalue weighted by atomic mass is 79.9. The Morgan fingerprint density at radius 1 is 1.32 bits per heavy atom. The van der Waals surface area contributed by atoms with Gasteiger partial charge >= 0.3 is 0 Å². The molecule has 1 aliphatic carbocycles. The van der Waals surface area contributed by atoms with Crippen molar-refractivity contribution >= 4 is 39.0 Å². The van der Waals surface area contributed by atoms with Crippen molar-refractivity contribution in [2.45, 2.75) is 25.3 Å². The number of ketones is 1. The van der Waals surface area contributed by atoms with Crippen LogP contribution in [0, 0.1) is 0 Å². The molecule has 1 aliphatic heterocycles. The van der Waals surface area contributed by atoms with Gasteiger partial charge in [-0.1, -0.05) is 28.1 Å². The summed E-state index contributed by atoms with van der Waals surface area (Å²) < 4.78 is 1.00. The maximum Gasteiger partial charge on any atom is 0.171 e. The second-order valence-corrected chi connectivity index (χ2v) is 6.08. The number of hydrogen-bond acceptors (Lipinski definition) is 2. The van der Waals surface area contributed by atoms with Gasteiger partial charge in [0.25, 0.3) is 0 Å². The van der Waals surface area contributed by atoms with E-state index in [1.807, 2.05) is 24.3 Å². The molecule has 0 saturated heterocycles. The summed E-state index contributed by atoms with van der Waals surface area (Å²) in [4.78, 5) is 12.2. The van der Waals surface area contributed by atoms with Crippen molar-refractivity contribution in [2.24, 2.45) is 0 Å². The largest absolute Gasteiger partial charge is 0.351 e. The van der Waals surface area contributed by atoms with E-state index in [0.717, 1.165) is 34.1 Å². The predicted octanol–water partition coefficient (Wildman–Crippen LogP) is 2.98. The Labute approximate surface area is 125 Å². The summed E-state index contributed by atoms with van der Waals surface area (Å²) in [6.07, 6.45) is 2.42. The molecule has 2 aliphatic rings. The van der Waals surface area contributed by atoms with Crippen LogP contribution >= 0.6 is 28.1 Å². The van der Waals surface area contributed by atoms with Crippen LogP contribution in [0.2, 0.25) is 0 Å². The molecule has 1 heterocycles. The first-order valence-electron chi connectivity index (χ1n) is 6.24. The third-order valence-electron chi connectivity index (χ3n) is 3.47. The van der Waals surface area contributed by atoms with E-state index in [9.17, 15) is 4.79 Å². The molecule has 0 spiro atoms. The Morgan fingerprint density at radius 3 is 2.95 bits per heavy atom. The maximum atomic E-state index is 12.2. The van der Waals surface area contributed by atoms with Gasteiger partial charge in [0.15, 0.2) is 10.9 Å². The van der Waals surface area contributed by atoms with E-state index in [1.54, 1.807) is 0 Å². The first-order chi connectivity index (χ1) is 9.15. The van der Waals surface area contributed by atoms with Crippen LogP contribution in [0.15, 0.2) is 40.0 Å². The van der Waals surface area contributed by atoms with Gasteiger partial charge in [0.1, 0.15) is 0 Å². The van der Waals surface area contributed by atoms with E-state index in [-0.39, 0.29) is 11.8 Å². The van der Waals surface area contributed by atoms with Crippen molar-refractivity contribution in [1.82, 2.24) is 10.6 Å². The average Bonchev–Trinajstić information content (AvgIpc) is 2.37. The lowest BCUT2D eigenvalue weighted by Crippen LogP contribution is -2.46. The van der Waals surface area contributed by atoms with E-state index in [0.29, 0.717) is 11.5 Å². The smallest absolute Gasteiger partial charge is 0.171 e. The topological polar surface area (TPSA) is 41.1 Å². The number of carbonyl (C=O) groups excluding carboxylic acids is 1. The monoisotopic (exact) mass is 336 g/mol. The molecule has 3 nitrogen and oxygen atoms in total. The van der Waals surface area contributed by atoms with Crippen LogP contribution in [0.4, 0.5) is 0 Å². The molecule has 0 saturated carbocycles. The SMILES string of the molecule is O=C1CCCC2=C1[C@@H](c1cccc(Br)c1)NC(=S)N2. The van der Waals surface area contributed by atoms with E-state index in [1.165, 1.54) is 0 Å². The number of allylic oxidation sites excluding steroid dienone is 1. The van der Waals surface area contributed by atoms with Crippen LogP contribution in [0.1, 0.15) is 30.9 Å². The van der Waals surface area contributed by atoms with Crippen LogP contribution in [0.25, 0.3) is 0 Å². The summed E-state index contributed by atoms with van der Waals surface area (Å²) in [6, 6.07) is 7.86. The zero-order valence-corrected chi connectivity index (χ0v) is 12.6. The van der Waals surface area contributed by atoms with Gasteiger partial charge in [0, 0.05) is 22.2 Å². The standard InChI is InChI=1S/C14H13BrN2OS/c15-9-4-1-3-8(7-9)13-12-10(16-14(19)17-13)5-2-6-11(12)18/h1,3-4,7,13H,2,5-6H2,(H2,16,17,19)/t13-/m1/s1. The first kappa shape index (κ1) is 12.8. The lowest BCUT2D eigenvalue weighted by atomic mass is 9.85. The minimum atomic E-state index is -0.131. The van der Waals surface area contributed by atoms with Gasteiger partial charge in [-0.3, -0.25) is 4.79 Å². The molecule has 1 atom stereocenters. The highest BCUT2D eigenvalue weighted by Crippen LogP contribution is 2.34. The molecule has 5 heteroatoms. The lowest BCUT2D eigenvalue weighted by molar-refractivity contribution is -0.116. The molecule has 19 heavy (non-hydrogen) atoms. The number of Topliss-reactive ketones (excluding diaryl/α,β-unsaturated/α-hetero) is 1. The van der Waals surface area contributed by atoms with Crippen molar-refractivity contribution in [1.29, 1.82) is 0 Å². The van der Waals surface area contributed by atoms with E-state index in [2.05, 4.69) is 26.6 Å². The number of nitrogens with one attached hydrogen (secondary N) is 2. The molecule has 1 aromatic rings. The number of carbonyl (C=O) groups is 1. The Morgan fingerprint density at radius 2 is 2.16 bits per heavy atom. The third-order valence-corrected chi connectivity index (χ3v) is 4.18. The number of rotatable bonds is 1. The molecular formula is C14H13BrN2OS. The van der Waals surface area contributed by atoms with E-state index < -0.39 is 0 Å². The van der Waals surface area contributed by atoms with Crippen molar-refractivity contribution in [3.05, 3.63) is 45.6 Å². The predicted molar refractivity (Wildman–Crippen MR) is 81.6 cm³/mol. The van der Waals surface area contributed by atoms with Crippen LogP contribution in [-0.2, 0) is 4.79 Å². The van der Waals surface area contributed by atoms with Gasteiger partial charge in [-0.2, -0.15) is 0 Å². The maximum absolute atomic E-state index is 12.2. The fraction of sp³-hybridized carbons (Fsp3) is 0.286. The van der Waals surface area contributed by atoms with Crippen molar-refractivity contribution in [3.8, 4) is 0 Å². The van der Waals surface area contributed by atoms with Crippen molar-refractivity contribution in [3.63, 3.8) is 0 Å². The highest BCUT2D eigenvalue weighted by Gasteiger charge is 2.32. The molecule has 98 valence electrons. The molecule has 2 N–H and O–H groups in total. The summed E-state index contributed by atoms with van der Waals surface area (Å²) in [5.41, 5.74) is 2.89. The summed E-state index contributed by atoms with van der Waals surface area (Å²) in [7, 11) is 0. The Balaban J connectivity index is 2.08. The van der Waals surface area contributed by atoms with Gasteiger partial charge in [-0.05, 0) is 42.8 Å². The molecule has 0 amide bonds. The van der Waals surface area contributed by atoms with Crippen molar-refractivity contribution < 1.29 is 4.79 Å². The van der Waals surface area contributed by atoms with Crippen molar-refractivity contribution in [2.75, 3.05) is 0 Å². The van der Waals surface area contributed by atoms with Gasteiger partial charge in [-0.25, -0.2) is 0 Å². The highest BCUT2D eigenvalue weighted by molar-refractivity contribution is 9.10. The zero-order chi connectivity index (χ0) is 13.4. The van der Waals surface area contributed by atoms with Crippen LogP contribution in [-0.4, -0.2) is 10.9 Å². The minimum absolute atomic E-state index is 0.131. The van der Waals surface area contributed by atoms with E-state index >= 15 is 0 Å². The van der Waals surface area contributed by atoms with Gasteiger partial charge in [0.05, 0.1) is 6.04 Å². The fourth-order valence-electron chi connectivity index (χ4n) is 2.64. The minimum Gasteiger partial charge on any atom is -0.351 e. The van der Waals surface area contributed by atoms with Crippen LogP contribution < -0.4 is 10.6 Å². The van der Waals surface area contributed by atoms with Gasteiger partial charge in [-0.15, -0.1) is 0 Å². The second-order valence-electron chi connectivity index (χ2n) is 4.76. The molecule has 1 aromatic carbocycles. The Kier molecular flexibility index (Phi) is 3.41. The number of thiocarbonyl (C=S) groups is 1. The number of benzene rings is 1. The number of hydrogen-bond donors (Lipinski definition) is 2. The molecule has 0 fully saturated rings. The fourth-order valence-corrected chi connectivity index (χ4v) is 3.30. The summed E-state index contributed by atoms with van der Waals surface area (Å²) in [5, 5.41) is 6.94. The van der Waals surface area contributed by atoms with Gasteiger partial charge in [0.2, 0.25) is 0 Å². The second kappa shape index (κ2) is 5.06. The molecule has 3 rings (SSSR count). The lowest BCUT2D eigenvalue weighted by Gasteiger charge is -2.33. The molecule has 0 unspecified atom stereocenters. The first-order valence-corrected chi connectivity index (χ1v) is 7.44. The summed E-state index contributed by atoms with van der Waals surface area (Å²) >= 11 is 8.71. The van der Waals surface area contributed by atoms with Gasteiger partial charge < -0.3 is 10.6 Å². The van der Waals surface area contributed by atoms with E-state index in [4.69, 9.17) is 12.2 Å². The third kappa shape index (κ3) is 2.44. The Hall–Kier alpha value is -1.20. The summed E-state index contributed by atoms with van der Waals surface area (Å²) in [6.45, 7) is 0. The molecule has 0 radical (unpaired) electrons. The Bertz CT molecular complexity index is 597. The van der Waals surface area contributed by atoms with Crippen LogP contribution in [0.3, 0.4) is 0 Å². The molecule has 0 bridgehead atoms. The molecule has 0 aromatic heterocycles. The molecular weight excluding hydrogens is 324 g/mol. The van der Waals surface area contributed by atoms with Crippen LogP contribution in [0.5, 0.6) is 0 Å². The normalized spacial score (nSPS) is 22.7. The average molecular weight is 337 g/mol. The number of halogens is 1. The summed E-state index contributed by atoms with van der Waals surface area (Å²) in [5.74, 6) is 0.216.